The molecule has 0 atom stereocenters. The van der Waals surface area contributed by atoms with Crippen molar-refractivity contribution in [3.05, 3.63) is 39.5 Å². The first-order valence-corrected chi connectivity index (χ1v) is 5.32. The maximum Gasteiger partial charge on any atom is 0.247 e. The summed E-state index contributed by atoms with van der Waals surface area (Å²) >= 11 is 2.28. The average molecular weight is 301 g/mol. The molecule has 1 amide bonds. The van der Waals surface area contributed by atoms with E-state index < -0.39 is 0 Å². The minimum absolute atomic E-state index is 0.172. The monoisotopic (exact) mass is 301 g/mol. The third-order valence-corrected chi connectivity index (χ3v) is 3.11. The number of halogens is 1. The van der Waals surface area contributed by atoms with Crippen molar-refractivity contribution in [3.8, 4) is 0 Å². The summed E-state index contributed by atoms with van der Waals surface area (Å²) in [5.74, 6) is -0.172. The lowest BCUT2D eigenvalue weighted by atomic mass is 10.1. The SMILES string of the molecule is C=CC(=O)Nc1cc(C)c(I)cc1C. The predicted octanol–water partition coefficient (Wildman–Crippen LogP) is 3.03. The van der Waals surface area contributed by atoms with Gasteiger partial charge in [0.25, 0.3) is 0 Å². The Morgan fingerprint density at radius 3 is 2.64 bits per heavy atom. The number of hydrogen-bond acceptors (Lipinski definition) is 1. The third-order valence-electron chi connectivity index (χ3n) is 1.95. The van der Waals surface area contributed by atoms with Crippen LogP contribution in [0.15, 0.2) is 24.8 Å². The van der Waals surface area contributed by atoms with Crippen LogP contribution in [0.1, 0.15) is 11.1 Å². The summed E-state index contributed by atoms with van der Waals surface area (Å²) in [5.41, 5.74) is 3.08. The molecule has 1 N–H and O–H groups in total. The summed E-state index contributed by atoms with van der Waals surface area (Å²) in [5, 5.41) is 2.77. The van der Waals surface area contributed by atoms with Gasteiger partial charge in [0.1, 0.15) is 0 Å². The van der Waals surface area contributed by atoms with Gasteiger partial charge in [0.15, 0.2) is 0 Å². The second kappa shape index (κ2) is 4.59. The fourth-order valence-electron chi connectivity index (χ4n) is 1.10. The Bertz CT molecular complexity index is 385. The zero-order valence-electron chi connectivity index (χ0n) is 8.23. The number of anilines is 1. The largest absolute Gasteiger partial charge is 0.322 e. The van der Waals surface area contributed by atoms with Gasteiger partial charge in [-0.15, -0.1) is 0 Å². The van der Waals surface area contributed by atoms with Crippen molar-refractivity contribution < 1.29 is 4.79 Å². The summed E-state index contributed by atoms with van der Waals surface area (Å²) < 4.78 is 1.21. The topological polar surface area (TPSA) is 29.1 Å². The number of aryl methyl sites for hydroxylation is 2. The molecule has 0 unspecified atom stereocenters. The molecule has 0 saturated heterocycles. The molecule has 0 aromatic heterocycles. The number of rotatable bonds is 2. The highest BCUT2D eigenvalue weighted by Crippen LogP contribution is 2.21. The van der Waals surface area contributed by atoms with Gasteiger partial charge in [0, 0.05) is 9.26 Å². The molecule has 74 valence electrons. The maximum atomic E-state index is 11.1. The van der Waals surface area contributed by atoms with E-state index in [0.29, 0.717) is 0 Å². The van der Waals surface area contributed by atoms with Crippen LogP contribution in [-0.2, 0) is 4.79 Å². The number of carbonyl (C=O) groups is 1. The molecule has 0 heterocycles. The van der Waals surface area contributed by atoms with Crippen LogP contribution in [0.3, 0.4) is 0 Å². The van der Waals surface area contributed by atoms with Gasteiger partial charge in [0.2, 0.25) is 5.91 Å². The van der Waals surface area contributed by atoms with Crippen molar-refractivity contribution in [1.29, 1.82) is 0 Å². The molecule has 0 aliphatic rings. The number of hydrogen-bond donors (Lipinski definition) is 1. The lowest BCUT2D eigenvalue weighted by Crippen LogP contribution is -2.08. The Balaban J connectivity index is 3.03. The van der Waals surface area contributed by atoms with Crippen molar-refractivity contribution in [2.24, 2.45) is 0 Å². The van der Waals surface area contributed by atoms with Crippen molar-refractivity contribution >= 4 is 34.2 Å². The fourth-order valence-corrected chi connectivity index (χ4v) is 1.72. The molecule has 0 bridgehead atoms. The summed E-state index contributed by atoms with van der Waals surface area (Å²) in [6.07, 6.45) is 1.27. The Kier molecular flexibility index (Phi) is 3.69. The lowest BCUT2D eigenvalue weighted by Gasteiger charge is -2.08. The first-order chi connectivity index (χ1) is 6.54. The zero-order valence-corrected chi connectivity index (χ0v) is 10.4. The highest BCUT2D eigenvalue weighted by molar-refractivity contribution is 14.1. The van der Waals surface area contributed by atoms with Gasteiger partial charge in [-0.25, -0.2) is 0 Å². The molecule has 0 radical (unpaired) electrons. The number of amides is 1. The van der Waals surface area contributed by atoms with Gasteiger partial charge < -0.3 is 5.32 Å². The fraction of sp³-hybridized carbons (Fsp3) is 0.182. The van der Waals surface area contributed by atoms with Gasteiger partial charge in [-0.3, -0.25) is 4.79 Å². The van der Waals surface area contributed by atoms with Crippen LogP contribution >= 0.6 is 22.6 Å². The van der Waals surface area contributed by atoms with Crippen LogP contribution in [0.4, 0.5) is 5.69 Å². The predicted molar refractivity (Wildman–Crippen MR) is 67.5 cm³/mol. The van der Waals surface area contributed by atoms with Crippen LogP contribution < -0.4 is 5.32 Å². The Morgan fingerprint density at radius 1 is 1.43 bits per heavy atom. The van der Waals surface area contributed by atoms with Crippen LogP contribution in [0, 0.1) is 17.4 Å². The number of benzene rings is 1. The molecule has 1 rings (SSSR count). The van der Waals surface area contributed by atoms with Crippen molar-refractivity contribution in [3.63, 3.8) is 0 Å². The van der Waals surface area contributed by atoms with Gasteiger partial charge in [-0.1, -0.05) is 6.58 Å². The summed E-state index contributed by atoms with van der Waals surface area (Å²) in [6.45, 7) is 7.40. The standard InChI is InChI=1S/C11H12INO/c1-4-11(14)13-10-6-7(2)9(12)5-8(10)3/h4-6H,1H2,2-3H3,(H,13,14). The van der Waals surface area contributed by atoms with E-state index in [0.717, 1.165) is 16.8 Å². The van der Waals surface area contributed by atoms with Crippen LogP contribution in [0.5, 0.6) is 0 Å². The van der Waals surface area contributed by atoms with E-state index in [1.54, 1.807) is 0 Å². The molecule has 0 aliphatic carbocycles. The molecule has 0 saturated carbocycles. The van der Waals surface area contributed by atoms with E-state index in [1.165, 1.54) is 9.65 Å². The van der Waals surface area contributed by atoms with Crippen LogP contribution in [-0.4, -0.2) is 5.91 Å². The Hall–Kier alpha value is -0.840. The van der Waals surface area contributed by atoms with E-state index in [2.05, 4.69) is 40.6 Å². The summed E-state index contributed by atoms with van der Waals surface area (Å²) in [6, 6.07) is 4.02. The molecule has 3 heteroatoms. The smallest absolute Gasteiger partial charge is 0.247 e. The Morgan fingerprint density at radius 2 is 2.07 bits per heavy atom. The molecular formula is C11H12INO. The molecular weight excluding hydrogens is 289 g/mol. The van der Waals surface area contributed by atoms with Crippen LogP contribution in [0.2, 0.25) is 0 Å². The number of carbonyl (C=O) groups excluding carboxylic acids is 1. The molecule has 0 aliphatic heterocycles. The molecule has 2 nitrogen and oxygen atoms in total. The normalized spacial score (nSPS) is 9.64. The average Bonchev–Trinajstić information content (AvgIpc) is 2.14. The molecule has 0 spiro atoms. The maximum absolute atomic E-state index is 11.1. The van der Waals surface area contributed by atoms with Gasteiger partial charge in [-0.2, -0.15) is 0 Å². The summed E-state index contributed by atoms with van der Waals surface area (Å²) in [7, 11) is 0. The van der Waals surface area contributed by atoms with Gasteiger partial charge in [-0.05, 0) is 65.8 Å². The first kappa shape index (κ1) is 11.2. The van der Waals surface area contributed by atoms with Crippen molar-refractivity contribution in [2.45, 2.75) is 13.8 Å². The Labute approximate surface area is 97.5 Å². The number of nitrogens with one attached hydrogen (secondary N) is 1. The highest BCUT2D eigenvalue weighted by atomic mass is 127. The lowest BCUT2D eigenvalue weighted by molar-refractivity contribution is -0.111. The zero-order chi connectivity index (χ0) is 10.7. The molecule has 0 fully saturated rings. The van der Waals surface area contributed by atoms with Gasteiger partial charge >= 0.3 is 0 Å². The van der Waals surface area contributed by atoms with E-state index in [1.807, 2.05) is 19.9 Å². The van der Waals surface area contributed by atoms with E-state index in [-0.39, 0.29) is 5.91 Å². The highest BCUT2D eigenvalue weighted by Gasteiger charge is 2.03. The van der Waals surface area contributed by atoms with E-state index in [4.69, 9.17) is 0 Å². The van der Waals surface area contributed by atoms with E-state index in [9.17, 15) is 4.79 Å². The van der Waals surface area contributed by atoms with Crippen LogP contribution in [0.25, 0.3) is 0 Å². The summed E-state index contributed by atoms with van der Waals surface area (Å²) in [4.78, 5) is 11.1. The van der Waals surface area contributed by atoms with Gasteiger partial charge in [0.05, 0.1) is 0 Å². The van der Waals surface area contributed by atoms with E-state index >= 15 is 0 Å². The molecule has 1 aromatic rings. The third kappa shape index (κ3) is 2.57. The second-order valence-electron chi connectivity index (χ2n) is 3.11. The second-order valence-corrected chi connectivity index (χ2v) is 4.27. The minimum Gasteiger partial charge on any atom is -0.322 e. The quantitative estimate of drug-likeness (QED) is 0.660. The van der Waals surface area contributed by atoms with Crippen molar-refractivity contribution in [1.82, 2.24) is 0 Å². The van der Waals surface area contributed by atoms with Crippen molar-refractivity contribution in [2.75, 3.05) is 5.32 Å². The first-order valence-electron chi connectivity index (χ1n) is 4.24. The molecule has 1 aromatic carbocycles. The molecule has 14 heavy (non-hydrogen) atoms. The minimum atomic E-state index is -0.172.